The summed E-state index contributed by atoms with van der Waals surface area (Å²) in [5.74, 6) is -1.50. The molecule has 4 rings (SSSR count). The van der Waals surface area contributed by atoms with Crippen molar-refractivity contribution in [2.75, 3.05) is 0 Å². The SMILES string of the molecule is O=C1S/C(=C/c2ccccc2Oc2ccc([N+](=O)[O-])cc2[N+](=O)[O-])C(=O)N1Cc1c(F)cccc1Cl. The van der Waals surface area contributed by atoms with Crippen LogP contribution in [-0.2, 0) is 11.3 Å². The zero-order valence-electron chi connectivity index (χ0n) is 17.9. The maximum absolute atomic E-state index is 14.2. The van der Waals surface area contributed by atoms with Crippen LogP contribution in [0.15, 0.2) is 65.6 Å². The van der Waals surface area contributed by atoms with Gasteiger partial charge in [0.05, 0.1) is 27.4 Å². The van der Waals surface area contributed by atoms with E-state index in [1.54, 1.807) is 18.2 Å². The molecule has 1 saturated heterocycles. The molecule has 182 valence electrons. The van der Waals surface area contributed by atoms with E-state index in [1.807, 2.05) is 0 Å². The second-order valence-corrected chi connectivity index (χ2v) is 8.67. The maximum Gasteiger partial charge on any atom is 0.318 e. The number of halogens is 2. The molecule has 2 amide bonds. The second kappa shape index (κ2) is 10.1. The molecule has 0 atom stereocenters. The number of nitrogens with zero attached hydrogens (tertiary/aromatic N) is 3. The quantitative estimate of drug-likeness (QED) is 0.197. The predicted molar refractivity (Wildman–Crippen MR) is 129 cm³/mol. The van der Waals surface area contributed by atoms with Crippen LogP contribution in [0.4, 0.5) is 20.6 Å². The van der Waals surface area contributed by atoms with Gasteiger partial charge in [0, 0.05) is 22.2 Å². The van der Waals surface area contributed by atoms with Gasteiger partial charge in [-0.1, -0.05) is 35.9 Å². The molecule has 0 radical (unpaired) electrons. The molecule has 0 saturated carbocycles. The second-order valence-electron chi connectivity index (χ2n) is 7.27. The van der Waals surface area contributed by atoms with Gasteiger partial charge in [0.15, 0.2) is 0 Å². The van der Waals surface area contributed by atoms with Gasteiger partial charge in [-0.05, 0) is 42.1 Å². The average Bonchev–Trinajstić information content (AvgIpc) is 3.09. The number of nitro groups is 2. The van der Waals surface area contributed by atoms with E-state index in [4.69, 9.17) is 16.3 Å². The third kappa shape index (κ3) is 5.04. The Kier molecular flexibility index (Phi) is 6.99. The van der Waals surface area contributed by atoms with Crippen LogP contribution >= 0.6 is 23.4 Å². The van der Waals surface area contributed by atoms with Crippen molar-refractivity contribution in [2.24, 2.45) is 0 Å². The van der Waals surface area contributed by atoms with Crippen molar-refractivity contribution >= 4 is 52.0 Å². The highest BCUT2D eigenvalue weighted by atomic mass is 35.5. The Balaban J connectivity index is 1.64. The van der Waals surface area contributed by atoms with E-state index < -0.39 is 38.2 Å². The van der Waals surface area contributed by atoms with Crippen molar-refractivity contribution in [2.45, 2.75) is 6.54 Å². The molecular weight excluding hydrogens is 517 g/mol. The van der Waals surface area contributed by atoms with E-state index in [0.29, 0.717) is 17.3 Å². The normalized spacial score (nSPS) is 14.4. The molecule has 3 aromatic carbocycles. The Labute approximate surface area is 211 Å². The molecule has 1 fully saturated rings. The number of benzene rings is 3. The predicted octanol–water partition coefficient (Wildman–Crippen LogP) is 6.32. The first-order valence-corrected chi connectivity index (χ1v) is 11.2. The molecule has 0 bridgehead atoms. The van der Waals surface area contributed by atoms with Crippen molar-refractivity contribution in [1.29, 1.82) is 0 Å². The summed E-state index contributed by atoms with van der Waals surface area (Å²) < 4.78 is 19.8. The number of nitro benzene ring substituents is 2. The Hall–Kier alpha value is -4.29. The molecular formula is C23H13ClFN3O7S. The molecule has 1 aliphatic heterocycles. The summed E-state index contributed by atoms with van der Waals surface area (Å²) >= 11 is 6.65. The third-order valence-corrected chi connectivity index (χ3v) is 6.29. The summed E-state index contributed by atoms with van der Waals surface area (Å²) in [6, 6.07) is 13.2. The van der Waals surface area contributed by atoms with E-state index >= 15 is 0 Å². The number of hydrogen-bond acceptors (Lipinski definition) is 8. The first-order chi connectivity index (χ1) is 17.2. The Morgan fingerprint density at radius 2 is 1.75 bits per heavy atom. The van der Waals surface area contributed by atoms with E-state index in [1.165, 1.54) is 30.3 Å². The van der Waals surface area contributed by atoms with Crippen LogP contribution in [0.25, 0.3) is 6.08 Å². The first kappa shape index (κ1) is 24.8. The lowest BCUT2D eigenvalue weighted by Gasteiger charge is -2.14. The number of hydrogen-bond donors (Lipinski definition) is 0. The lowest BCUT2D eigenvalue weighted by molar-refractivity contribution is -0.394. The smallest absolute Gasteiger partial charge is 0.318 e. The Morgan fingerprint density at radius 3 is 2.44 bits per heavy atom. The van der Waals surface area contributed by atoms with Gasteiger partial charge in [0.1, 0.15) is 11.6 Å². The van der Waals surface area contributed by atoms with Crippen LogP contribution < -0.4 is 4.74 Å². The van der Waals surface area contributed by atoms with Crippen LogP contribution in [0.5, 0.6) is 11.5 Å². The number of carbonyl (C=O) groups excluding carboxylic acids is 2. The van der Waals surface area contributed by atoms with E-state index in [2.05, 4.69) is 0 Å². The molecule has 1 heterocycles. The van der Waals surface area contributed by atoms with Crippen molar-refractivity contribution in [1.82, 2.24) is 4.90 Å². The zero-order chi connectivity index (χ0) is 26.0. The molecule has 0 aliphatic carbocycles. The first-order valence-electron chi connectivity index (χ1n) is 10.0. The summed E-state index contributed by atoms with van der Waals surface area (Å²) in [6.07, 6.45) is 1.36. The van der Waals surface area contributed by atoms with Crippen LogP contribution in [0, 0.1) is 26.0 Å². The summed E-state index contributed by atoms with van der Waals surface area (Å²) in [6.45, 7) is -0.360. The molecule has 10 nitrogen and oxygen atoms in total. The maximum atomic E-state index is 14.2. The number of rotatable bonds is 7. The topological polar surface area (TPSA) is 133 Å². The third-order valence-electron chi connectivity index (χ3n) is 5.03. The standard InChI is InChI=1S/C23H13ClFN3O7S/c24-16-5-3-6-17(25)15(16)12-26-22(29)21(36-23(26)30)10-13-4-1-2-7-19(13)35-20-9-8-14(27(31)32)11-18(20)28(33)34/h1-11H,12H2/b21-10+. The molecule has 0 aromatic heterocycles. The lowest BCUT2D eigenvalue weighted by Crippen LogP contribution is -2.28. The van der Waals surface area contributed by atoms with Crippen molar-refractivity contribution in [3.8, 4) is 11.5 Å². The highest BCUT2D eigenvalue weighted by molar-refractivity contribution is 8.18. The summed E-state index contributed by atoms with van der Waals surface area (Å²) in [5.41, 5.74) is -0.802. The van der Waals surface area contributed by atoms with Gasteiger partial charge >= 0.3 is 5.69 Å². The lowest BCUT2D eigenvalue weighted by atomic mass is 10.1. The monoisotopic (exact) mass is 529 g/mol. The van der Waals surface area contributed by atoms with E-state index in [0.717, 1.165) is 23.1 Å². The summed E-state index contributed by atoms with van der Waals surface area (Å²) in [7, 11) is 0. The average molecular weight is 530 g/mol. The fourth-order valence-electron chi connectivity index (χ4n) is 3.28. The molecule has 0 spiro atoms. The van der Waals surface area contributed by atoms with Crippen molar-refractivity contribution < 1.29 is 28.6 Å². The molecule has 1 aliphatic rings. The fourth-order valence-corrected chi connectivity index (χ4v) is 4.33. The summed E-state index contributed by atoms with van der Waals surface area (Å²) in [4.78, 5) is 47.1. The number of para-hydroxylation sites is 1. The number of ether oxygens (including phenoxy) is 1. The van der Waals surface area contributed by atoms with Crippen LogP contribution in [0.3, 0.4) is 0 Å². The van der Waals surface area contributed by atoms with Crippen LogP contribution in [0.2, 0.25) is 5.02 Å². The van der Waals surface area contributed by atoms with Crippen LogP contribution in [0.1, 0.15) is 11.1 Å². The molecule has 0 unspecified atom stereocenters. The van der Waals surface area contributed by atoms with Gasteiger partial charge in [-0.15, -0.1) is 0 Å². The Bertz CT molecular complexity index is 1440. The van der Waals surface area contributed by atoms with Crippen molar-refractivity contribution in [3.63, 3.8) is 0 Å². The van der Waals surface area contributed by atoms with Gasteiger partial charge in [-0.3, -0.25) is 34.7 Å². The number of carbonyl (C=O) groups is 2. The highest BCUT2D eigenvalue weighted by Crippen LogP contribution is 2.39. The zero-order valence-corrected chi connectivity index (χ0v) is 19.5. The van der Waals surface area contributed by atoms with E-state index in [9.17, 15) is 34.2 Å². The number of thioether (sulfide) groups is 1. The Morgan fingerprint density at radius 1 is 1.00 bits per heavy atom. The van der Waals surface area contributed by atoms with Gasteiger partial charge < -0.3 is 4.74 Å². The fraction of sp³-hybridized carbons (Fsp3) is 0.0435. The van der Waals surface area contributed by atoms with Crippen molar-refractivity contribution in [3.05, 3.63) is 108 Å². The van der Waals surface area contributed by atoms with Gasteiger partial charge in [0.2, 0.25) is 5.75 Å². The number of imide groups is 1. The minimum Gasteiger partial charge on any atom is -0.449 e. The summed E-state index contributed by atoms with van der Waals surface area (Å²) in [5, 5.41) is 21.8. The highest BCUT2D eigenvalue weighted by Gasteiger charge is 2.36. The van der Waals surface area contributed by atoms with Gasteiger partial charge in [-0.2, -0.15) is 0 Å². The minimum atomic E-state index is -0.815. The molecule has 13 heteroatoms. The largest absolute Gasteiger partial charge is 0.449 e. The van der Waals surface area contributed by atoms with E-state index in [-0.39, 0.29) is 33.5 Å². The molecule has 36 heavy (non-hydrogen) atoms. The number of non-ortho nitro benzene ring substituents is 1. The minimum absolute atomic E-state index is 0.00284. The van der Waals surface area contributed by atoms with Gasteiger partial charge in [0.25, 0.3) is 16.8 Å². The molecule has 0 N–H and O–H groups in total. The molecule has 3 aromatic rings. The number of amides is 2. The van der Waals surface area contributed by atoms with Gasteiger partial charge in [-0.25, -0.2) is 4.39 Å². The van der Waals surface area contributed by atoms with Crippen LogP contribution in [-0.4, -0.2) is 25.9 Å².